The highest BCUT2D eigenvalue weighted by Crippen LogP contribution is 2.50. The van der Waals surface area contributed by atoms with Crippen LogP contribution in [0.25, 0.3) is 44.7 Å². The normalized spacial score (nSPS) is 17.4. The van der Waals surface area contributed by atoms with Crippen LogP contribution in [-0.2, 0) is 19.1 Å². The van der Waals surface area contributed by atoms with Crippen LogP contribution in [0.2, 0.25) is 0 Å². The summed E-state index contributed by atoms with van der Waals surface area (Å²) in [4.78, 5) is 77.2. The molecule has 1 saturated carbocycles. The number of rotatable bonds is 15. The average molecular weight is 949 g/mol. The predicted molar refractivity (Wildman–Crippen MR) is 255 cm³/mol. The molecule has 358 valence electrons. The Morgan fingerprint density at radius 2 is 1.62 bits per heavy atom. The van der Waals surface area contributed by atoms with E-state index in [0.29, 0.717) is 71.2 Å². The minimum absolute atomic E-state index is 0.180. The Labute approximate surface area is 397 Å². The van der Waals surface area contributed by atoms with Crippen LogP contribution in [0.15, 0.2) is 55.0 Å². The topological polar surface area (TPSA) is 202 Å². The number of fused-ring (bicyclic) bond motifs is 5. The molecule has 4 atom stereocenters. The number of anilines is 1. The second-order valence-electron chi connectivity index (χ2n) is 18.4. The van der Waals surface area contributed by atoms with Crippen molar-refractivity contribution in [1.82, 2.24) is 45.0 Å². The van der Waals surface area contributed by atoms with Gasteiger partial charge in [0.25, 0.3) is 5.91 Å². The van der Waals surface area contributed by atoms with Gasteiger partial charge in [-0.1, -0.05) is 47.1 Å². The summed E-state index contributed by atoms with van der Waals surface area (Å²) in [5.41, 5.74) is 4.34. The van der Waals surface area contributed by atoms with E-state index in [1.807, 2.05) is 75.7 Å². The Morgan fingerprint density at radius 1 is 0.897 bits per heavy atom. The van der Waals surface area contributed by atoms with Crippen molar-refractivity contribution in [3.63, 3.8) is 0 Å². The average Bonchev–Trinajstić information content (AvgIpc) is 3.92. The summed E-state index contributed by atoms with van der Waals surface area (Å²) in [6.07, 6.45) is 8.37. The van der Waals surface area contributed by atoms with Gasteiger partial charge in [0.05, 0.1) is 70.7 Å². The number of hydrogen-bond acceptors (Lipinski definition) is 11. The minimum atomic E-state index is -0.829. The molecule has 2 fully saturated rings. The van der Waals surface area contributed by atoms with E-state index in [1.165, 1.54) is 20.3 Å². The summed E-state index contributed by atoms with van der Waals surface area (Å²) < 4.78 is 35.4. The van der Waals surface area contributed by atoms with E-state index in [9.17, 15) is 19.2 Å². The van der Waals surface area contributed by atoms with E-state index >= 15 is 4.39 Å². The number of benzene rings is 2. The molecule has 9 rings (SSSR count). The Balaban J connectivity index is 1.05. The molecule has 6 aromatic rings. The number of alkyl carbamates (subject to hydrolysis) is 2. The Morgan fingerprint density at radius 3 is 2.32 bits per heavy atom. The monoisotopic (exact) mass is 948 g/mol. The lowest BCUT2D eigenvalue weighted by Gasteiger charge is -2.30. The Hall–Kier alpha value is -6.76. The van der Waals surface area contributed by atoms with Gasteiger partial charge in [0.1, 0.15) is 29.5 Å². The van der Waals surface area contributed by atoms with E-state index < -0.39 is 36.3 Å². The van der Waals surface area contributed by atoms with Gasteiger partial charge in [0.15, 0.2) is 0 Å². The number of nitrogens with zero attached hydrogens (tertiary/aromatic N) is 6. The maximum absolute atomic E-state index is 16.9. The van der Waals surface area contributed by atoms with Crippen molar-refractivity contribution in [2.45, 2.75) is 103 Å². The quantitative estimate of drug-likeness (QED) is 0.0770. The lowest BCUT2D eigenvalue weighted by Crippen LogP contribution is -2.52. The third-order valence-corrected chi connectivity index (χ3v) is 14.2. The molecule has 17 nitrogen and oxygen atoms in total. The summed E-state index contributed by atoms with van der Waals surface area (Å²) in [5.74, 6) is 0.323. The van der Waals surface area contributed by atoms with Gasteiger partial charge in [-0.3, -0.25) is 19.1 Å². The molecule has 3 aliphatic rings. The van der Waals surface area contributed by atoms with Gasteiger partial charge in [0.2, 0.25) is 18.1 Å². The van der Waals surface area contributed by atoms with E-state index in [2.05, 4.69) is 25.6 Å². The fraction of sp³-hybridized carbons (Fsp3) is 0.449. The van der Waals surface area contributed by atoms with E-state index in [0.717, 1.165) is 58.5 Å². The van der Waals surface area contributed by atoms with Gasteiger partial charge in [-0.15, -0.1) is 11.3 Å². The van der Waals surface area contributed by atoms with E-state index in [4.69, 9.17) is 24.2 Å². The van der Waals surface area contributed by atoms with Crippen LogP contribution in [0.1, 0.15) is 107 Å². The molecule has 4 amide bonds. The number of aromatic nitrogens is 6. The number of thiazole rings is 1. The number of likely N-dealkylation sites (tertiary alicyclic amines) is 1. The lowest BCUT2D eigenvalue weighted by atomic mass is 10.0. The zero-order valence-corrected chi connectivity index (χ0v) is 40.0. The smallest absolute Gasteiger partial charge is 0.407 e. The molecule has 68 heavy (non-hydrogen) atoms. The standard InChI is InChI=1S/C49H57FN10O7S/c1-8-9-16-59(45(62)41(26(4)5)57-49(64)66-7)47-53-23-32(55-47)28-14-15-34-30(18-28)20-36-39-31(50)19-29(21-37(39)67-46(60(34)36)38-24-52-43(68-38)27-12-13-27)33-22-51-42(54-33)35-11-10-17-58(35)44(61)40(25(2)3)56-48(63)65-6/h14-15,18-27,35,40-41,46H,8-13,16-17H2,1-7H3,(H,51,54)(H,53,55)(H,56,63)(H,57,64)/t35-,40?,41?,46-/m0/s1. The maximum atomic E-state index is 16.9. The number of imidazole rings is 2. The number of unbranched alkanes of at least 4 members (excludes halogenated alkanes) is 1. The summed E-state index contributed by atoms with van der Waals surface area (Å²) >= 11 is 1.61. The third kappa shape index (κ3) is 8.90. The first-order valence-corrected chi connectivity index (χ1v) is 24.1. The first-order valence-electron chi connectivity index (χ1n) is 23.3. The molecule has 2 aliphatic heterocycles. The molecule has 0 radical (unpaired) electrons. The number of hydrogen-bond donors (Lipinski definition) is 4. The Kier molecular flexibility index (Phi) is 13.0. The highest BCUT2D eigenvalue weighted by atomic mass is 32.1. The number of H-pyrrole nitrogens is 2. The first-order chi connectivity index (χ1) is 32.8. The molecule has 19 heteroatoms. The van der Waals surface area contributed by atoms with Crippen LogP contribution in [-0.4, -0.2) is 97.8 Å². The molecule has 1 aliphatic carbocycles. The van der Waals surface area contributed by atoms with Gasteiger partial charge in [0, 0.05) is 41.7 Å². The summed E-state index contributed by atoms with van der Waals surface area (Å²) in [6.45, 7) is 10.4. The van der Waals surface area contributed by atoms with Crippen molar-refractivity contribution in [3.05, 3.63) is 76.5 Å². The molecule has 6 heterocycles. The second kappa shape index (κ2) is 19.1. The molecular formula is C49H57FN10O7S. The van der Waals surface area contributed by atoms with Gasteiger partial charge < -0.3 is 39.7 Å². The minimum Gasteiger partial charge on any atom is -0.464 e. The molecule has 0 spiro atoms. The van der Waals surface area contributed by atoms with Crippen LogP contribution >= 0.6 is 11.3 Å². The molecule has 0 bridgehead atoms. The van der Waals surface area contributed by atoms with Crippen molar-refractivity contribution in [3.8, 4) is 39.5 Å². The van der Waals surface area contributed by atoms with Crippen molar-refractivity contribution >= 4 is 52.2 Å². The van der Waals surface area contributed by atoms with E-state index in [1.54, 1.807) is 33.5 Å². The fourth-order valence-electron chi connectivity index (χ4n) is 9.16. The predicted octanol–water partition coefficient (Wildman–Crippen LogP) is 9.06. The van der Waals surface area contributed by atoms with E-state index in [-0.39, 0.29) is 29.7 Å². The number of carbonyl (C=O) groups is 4. The highest BCUT2D eigenvalue weighted by molar-refractivity contribution is 7.11. The largest absolute Gasteiger partial charge is 0.464 e. The fourth-order valence-corrected chi connectivity index (χ4v) is 10.3. The van der Waals surface area contributed by atoms with Gasteiger partial charge in [-0.25, -0.2) is 28.9 Å². The van der Waals surface area contributed by atoms with Crippen LogP contribution in [0.5, 0.6) is 5.75 Å². The molecule has 2 unspecified atom stereocenters. The molecule has 4 N–H and O–H groups in total. The summed E-state index contributed by atoms with van der Waals surface area (Å²) in [6, 6.07) is 9.25. The van der Waals surface area contributed by atoms with Crippen molar-refractivity contribution in [2.24, 2.45) is 11.8 Å². The van der Waals surface area contributed by atoms with Crippen molar-refractivity contribution < 1.29 is 37.8 Å². The SMILES string of the molecule is CCCCN(C(=O)C(NC(=O)OC)C(C)C)c1ncc(-c2ccc3c(c2)cc2n3[C@H](c3cnc(C4CC4)s3)Oc3cc(-c4cnc([C@@H]5CCCN5C(=O)C(NC(=O)OC)C(C)C)[nH]4)cc(F)c3-2)[nH]1. The number of ether oxygens (including phenoxy) is 3. The Bertz CT molecular complexity index is 2860. The molecule has 2 aromatic carbocycles. The summed E-state index contributed by atoms with van der Waals surface area (Å²) in [5, 5.41) is 7.26. The molecular weight excluding hydrogens is 892 g/mol. The second-order valence-corrected chi connectivity index (χ2v) is 19.5. The van der Waals surface area contributed by atoms with Gasteiger partial charge >= 0.3 is 12.2 Å². The van der Waals surface area contributed by atoms with Gasteiger partial charge in [-0.05, 0) is 74.3 Å². The number of carbonyl (C=O) groups excluding carboxylic acids is 4. The number of aromatic amines is 2. The number of nitrogens with one attached hydrogen (secondary N) is 4. The van der Waals surface area contributed by atoms with Crippen LogP contribution in [0, 0.1) is 17.7 Å². The lowest BCUT2D eigenvalue weighted by molar-refractivity contribution is -0.135. The molecule has 1 saturated heterocycles. The zero-order valence-electron chi connectivity index (χ0n) is 39.2. The van der Waals surface area contributed by atoms with Crippen molar-refractivity contribution in [1.29, 1.82) is 0 Å². The van der Waals surface area contributed by atoms with Crippen LogP contribution < -0.4 is 20.3 Å². The number of methoxy groups -OCH3 is 2. The molecule has 4 aromatic heterocycles. The van der Waals surface area contributed by atoms with Crippen molar-refractivity contribution in [2.75, 3.05) is 32.2 Å². The number of amides is 4. The van der Waals surface area contributed by atoms with Crippen LogP contribution in [0.3, 0.4) is 0 Å². The highest BCUT2D eigenvalue weighted by Gasteiger charge is 2.39. The maximum Gasteiger partial charge on any atom is 0.407 e. The summed E-state index contributed by atoms with van der Waals surface area (Å²) in [7, 11) is 2.53. The van der Waals surface area contributed by atoms with Gasteiger partial charge in [-0.2, -0.15) is 0 Å². The number of halogens is 1. The zero-order chi connectivity index (χ0) is 48.0. The third-order valence-electron chi connectivity index (χ3n) is 13.0. The first kappa shape index (κ1) is 46.4. The van der Waals surface area contributed by atoms with Crippen LogP contribution in [0.4, 0.5) is 19.9 Å².